The zero-order valence-corrected chi connectivity index (χ0v) is 15.5. The van der Waals surface area contributed by atoms with E-state index in [4.69, 9.17) is 0 Å². The van der Waals surface area contributed by atoms with Crippen LogP contribution < -0.4 is 5.56 Å². The molecule has 0 atom stereocenters. The first-order valence-electron chi connectivity index (χ1n) is 9.07. The van der Waals surface area contributed by atoms with Gasteiger partial charge in [0.05, 0.1) is 11.6 Å². The fourth-order valence-corrected chi connectivity index (χ4v) is 3.41. The normalized spacial score (nSPS) is 11.5. The molecule has 4 rings (SSSR count). The molecule has 0 fully saturated rings. The predicted octanol–water partition coefficient (Wildman–Crippen LogP) is 4.46. The summed E-state index contributed by atoms with van der Waals surface area (Å²) in [6.07, 6.45) is 8.51. The van der Waals surface area contributed by atoms with Gasteiger partial charge in [-0.25, -0.2) is 0 Å². The van der Waals surface area contributed by atoms with Gasteiger partial charge in [0.15, 0.2) is 0 Å². The Morgan fingerprint density at radius 3 is 2.56 bits per heavy atom. The Bertz CT molecular complexity index is 1180. The number of benzene rings is 2. The van der Waals surface area contributed by atoms with Crippen molar-refractivity contribution in [2.24, 2.45) is 7.05 Å². The van der Waals surface area contributed by atoms with E-state index in [2.05, 4.69) is 18.1 Å². The second-order valence-electron chi connectivity index (χ2n) is 6.56. The van der Waals surface area contributed by atoms with Gasteiger partial charge in [0, 0.05) is 30.2 Å². The Labute approximate surface area is 158 Å². The Kier molecular flexibility index (Phi) is 4.47. The molecule has 4 heteroatoms. The first-order valence-corrected chi connectivity index (χ1v) is 9.07. The average molecular weight is 355 g/mol. The minimum atomic E-state index is 0.0157. The van der Waals surface area contributed by atoms with Gasteiger partial charge in [0.2, 0.25) is 0 Å². The molecule has 27 heavy (non-hydrogen) atoms. The van der Waals surface area contributed by atoms with Gasteiger partial charge in [0.25, 0.3) is 5.56 Å². The van der Waals surface area contributed by atoms with Crippen molar-refractivity contribution < 1.29 is 0 Å². The third-order valence-corrected chi connectivity index (χ3v) is 4.71. The van der Waals surface area contributed by atoms with E-state index in [1.165, 1.54) is 0 Å². The Morgan fingerprint density at radius 1 is 1.04 bits per heavy atom. The van der Waals surface area contributed by atoms with Crippen molar-refractivity contribution in [2.45, 2.75) is 13.3 Å². The van der Waals surface area contributed by atoms with Crippen molar-refractivity contribution in [3.05, 3.63) is 94.2 Å². The molecule has 0 aliphatic heterocycles. The molecule has 2 aromatic carbocycles. The van der Waals surface area contributed by atoms with Crippen LogP contribution in [-0.2, 0) is 13.5 Å². The Balaban J connectivity index is 1.94. The molecular weight excluding hydrogens is 334 g/mol. The summed E-state index contributed by atoms with van der Waals surface area (Å²) in [4.78, 5) is 13.5. The molecule has 0 spiro atoms. The standard InChI is InChI=1S/C23H21N3O/c1-3-20-14-19-9-7-8-18(13-12-17-15-24-25(2)16-17)22(19)23(27)26(20)21-10-5-4-6-11-21/h4-16H,3H2,1-2H3/b13-12-. The molecule has 0 bridgehead atoms. The van der Waals surface area contributed by atoms with Gasteiger partial charge in [-0.1, -0.05) is 55.5 Å². The zero-order chi connectivity index (χ0) is 18.8. The van der Waals surface area contributed by atoms with Gasteiger partial charge in [-0.15, -0.1) is 0 Å². The van der Waals surface area contributed by atoms with E-state index >= 15 is 0 Å². The number of hydrogen-bond donors (Lipinski definition) is 0. The lowest BCUT2D eigenvalue weighted by Crippen LogP contribution is -2.22. The second kappa shape index (κ2) is 7.08. The molecular formula is C23H21N3O. The highest BCUT2D eigenvalue weighted by Gasteiger charge is 2.12. The Morgan fingerprint density at radius 2 is 1.85 bits per heavy atom. The molecule has 2 heterocycles. The van der Waals surface area contributed by atoms with E-state index in [9.17, 15) is 4.79 Å². The van der Waals surface area contributed by atoms with Gasteiger partial charge < -0.3 is 0 Å². The number of para-hydroxylation sites is 1. The number of hydrogen-bond acceptors (Lipinski definition) is 2. The largest absolute Gasteiger partial charge is 0.281 e. The zero-order valence-electron chi connectivity index (χ0n) is 15.5. The lowest BCUT2D eigenvalue weighted by atomic mass is 10.0. The van der Waals surface area contributed by atoms with Crippen LogP contribution >= 0.6 is 0 Å². The van der Waals surface area contributed by atoms with Crippen LogP contribution in [0.4, 0.5) is 0 Å². The summed E-state index contributed by atoms with van der Waals surface area (Å²) in [7, 11) is 1.89. The Hall–Kier alpha value is -3.40. The number of aromatic nitrogens is 3. The minimum Gasteiger partial charge on any atom is -0.281 e. The molecule has 4 nitrogen and oxygen atoms in total. The molecule has 0 aliphatic carbocycles. The fourth-order valence-electron chi connectivity index (χ4n) is 3.41. The first kappa shape index (κ1) is 17.0. The van der Waals surface area contributed by atoms with E-state index in [1.54, 1.807) is 10.9 Å². The summed E-state index contributed by atoms with van der Waals surface area (Å²) in [5.74, 6) is 0. The molecule has 0 saturated carbocycles. The van der Waals surface area contributed by atoms with Gasteiger partial charge in [-0.05, 0) is 35.6 Å². The fraction of sp³-hybridized carbons (Fsp3) is 0.130. The van der Waals surface area contributed by atoms with Crippen LogP contribution in [-0.4, -0.2) is 14.3 Å². The number of aryl methyl sites for hydroxylation is 2. The van der Waals surface area contributed by atoms with Crippen LogP contribution in [0.5, 0.6) is 0 Å². The van der Waals surface area contributed by atoms with Crippen molar-refractivity contribution in [3.63, 3.8) is 0 Å². The van der Waals surface area contributed by atoms with Crippen LogP contribution in [0.1, 0.15) is 23.7 Å². The molecule has 0 amide bonds. The maximum atomic E-state index is 13.5. The van der Waals surface area contributed by atoms with Crippen molar-refractivity contribution >= 4 is 22.9 Å². The van der Waals surface area contributed by atoms with Crippen molar-refractivity contribution in [1.29, 1.82) is 0 Å². The highest BCUT2D eigenvalue weighted by atomic mass is 16.1. The van der Waals surface area contributed by atoms with Crippen molar-refractivity contribution in [1.82, 2.24) is 14.3 Å². The third kappa shape index (κ3) is 3.22. The minimum absolute atomic E-state index is 0.0157. The van der Waals surface area contributed by atoms with Gasteiger partial charge in [-0.2, -0.15) is 5.10 Å². The van der Waals surface area contributed by atoms with Gasteiger partial charge in [-0.3, -0.25) is 14.0 Å². The van der Waals surface area contributed by atoms with Crippen LogP contribution in [0.25, 0.3) is 28.6 Å². The highest BCUT2D eigenvalue weighted by Crippen LogP contribution is 2.21. The molecule has 0 unspecified atom stereocenters. The average Bonchev–Trinajstić information content (AvgIpc) is 3.11. The summed E-state index contributed by atoms with van der Waals surface area (Å²) in [5, 5.41) is 5.89. The maximum absolute atomic E-state index is 13.5. The predicted molar refractivity (Wildman–Crippen MR) is 111 cm³/mol. The van der Waals surface area contributed by atoms with Crippen LogP contribution in [0.3, 0.4) is 0 Å². The molecule has 0 radical (unpaired) electrons. The van der Waals surface area contributed by atoms with Gasteiger partial charge >= 0.3 is 0 Å². The lowest BCUT2D eigenvalue weighted by Gasteiger charge is -2.14. The number of fused-ring (bicyclic) bond motifs is 1. The summed E-state index contributed by atoms with van der Waals surface area (Å²) in [6, 6.07) is 17.9. The molecule has 4 aromatic rings. The summed E-state index contributed by atoms with van der Waals surface area (Å²) in [5.41, 5.74) is 3.83. The second-order valence-corrected chi connectivity index (χ2v) is 6.56. The SMILES string of the molecule is CCc1cc2cccc(/C=C\c3cnn(C)c3)c2c(=O)n1-c1ccccc1. The van der Waals surface area contributed by atoms with E-state index < -0.39 is 0 Å². The lowest BCUT2D eigenvalue weighted by molar-refractivity contribution is 0.767. The van der Waals surface area contributed by atoms with E-state index in [-0.39, 0.29) is 5.56 Å². The topological polar surface area (TPSA) is 39.8 Å². The quantitative estimate of drug-likeness (QED) is 0.542. The third-order valence-electron chi connectivity index (χ3n) is 4.71. The number of pyridine rings is 1. The summed E-state index contributed by atoms with van der Waals surface area (Å²) in [6.45, 7) is 2.08. The van der Waals surface area contributed by atoms with Gasteiger partial charge in [0.1, 0.15) is 0 Å². The van der Waals surface area contributed by atoms with Crippen LogP contribution in [0.15, 0.2) is 71.8 Å². The number of nitrogens with zero attached hydrogens (tertiary/aromatic N) is 3. The molecule has 134 valence electrons. The molecule has 0 aliphatic rings. The highest BCUT2D eigenvalue weighted by molar-refractivity contribution is 5.92. The molecule has 0 saturated heterocycles. The van der Waals surface area contributed by atoms with Crippen LogP contribution in [0.2, 0.25) is 0 Å². The summed E-state index contributed by atoms with van der Waals surface area (Å²) < 4.78 is 3.59. The van der Waals surface area contributed by atoms with E-state index in [0.29, 0.717) is 0 Å². The first-order chi connectivity index (χ1) is 13.2. The molecule has 0 N–H and O–H groups in total. The van der Waals surface area contributed by atoms with E-state index in [1.807, 2.05) is 78.5 Å². The van der Waals surface area contributed by atoms with Crippen LogP contribution in [0, 0.1) is 0 Å². The van der Waals surface area contributed by atoms with Crippen molar-refractivity contribution in [2.75, 3.05) is 0 Å². The smallest absolute Gasteiger partial charge is 0.263 e. The molecule has 2 aromatic heterocycles. The van der Waals surface area contributed by atoms with E-state index in [0.717, 1.165) is 39.7 Å². The summed E-state index contributed by atoms with van der Waals surface area (Å²) >= 11 is 0. The van der Waals surface area contributed by atoms with Crippen molar-refractivity contribution in [3.8, 4) is 5.69 Å². The monoisotopic (exact) mass is 355 g/mol. The number of rotatable bonds is 4. The maximum Gasteiger partial charge on any atom is 0.263 e.